The summed E-state index contributed by atoms with van der Waals surface area (Å²) in [6, 6.07) is 5.06. The smallest absolute Gasteiger partial charge is 0.278 e. The van der Waals surface area contributed by atoms with E-state index in [-0.39, 0.29) is 11.6 Å². The van der Waals surface area contributed by atoms with Crippen molar-refractivity contribution in [2.45, 2.75) is 0 Å². The molecule has 1 N–H and O–H groups in total. The average molecular weight is 231 g/mol. The molecule has 2 rings (SSSR count). The number of anilines is 1. The number of nitriles is 1. The lowest BCUT2D eigenvalue weighted by molar-refractivity contribution is 0.102. The zero-order chi connectivity index (χ0) is 11.4. The fraction of sp³-hybridized carbons (Fsp3) is 0. The Bertz CT molecular complexity index is 528. The molecule has 0 saturated heterocycles. The van der Waals surface area contributed by atoms with E-state index in [1.54, 1.807) is 17.5 Å². The number of carbonyl (C=O) groups excluding carboxylic acids is 1. The highest BCUT2D eigenvalue weighted by Gasteiger charge is 2.09. The summed E-state index contributed by atoms with van der Waals surface area (Å²) in [5.74, 6) is 0.00274. The van der Waals surface area contributed by atoms with Gasteiger partial charge in [-0.15, -0.1) is 5.10 Å². The Labute approximate surface area is 94.7 Å². The van der Waals surface area contributed by atoms with E-state index in [0.717, 1.165) is 11.5 Å². The summed E-state index contributed by atoms with van der Waals surface area (Å²) >= 11 is 1.10. The summed E-state index contributed by atoms with van der Waals surface area (Å²) in [6.45, 7) is 0. The van der Waals surface area contributed by atoms with Gasteiger partial charge in [0, 0.05) is 11.6 Å². The molecule has 6 nitrogen and oxygen atoms in total. The molecule has 2 aromatic heterocycles. The number of nitrogens with one attached hydrogen (secondary N) is 1. The number of amides is 1. The summed E-state index contributed by atoms with van der Waals surface area (Å²) in [5.41, 5.74) is 0.685. The van der Waals surface area contributed by atoms with Gasteiger partial charge < -0.3 is 5.32 Å². The number of hydrogen-bond donors (Lipinski definition) is 1. The minimum absolute atomic E-state index is 0.246. The summed E-state index contributed by atoms with van der Waals surface area (Å²) in [7, 11) is 0. The molecule has 0 unspecified atom stereocenters. The van der Waals surface area contributed by atoms with E-state index in [1.807, 2.05) is 6.07 Å². The highest BCUT2D eigenvalue weighted by atomic mass is 32.1. The van der Waals surface area contributed by atoms with E-state index >= 15 is 0 Å². The molecular weight excluding hydrogens is 226 g/mol. The summed E-state index contributed by atoms with van der Waals surface area (Å²) in [6.07, 6.45) is 1.38. The Balaban J connectivity index is 2.10. The molecule has 0 atom stereocenters. The molecule has 2 aromatic rings. The van der Waals surface area contributed by atoms with E-state index in [2.05, 4.69) is 19.9 Å². The first-order valence-corrected chi connectivity index (χ1v) is 5.08. The first kappa shape index (κ1) is 10.2. The van der Waals surface area contributed by atoms with Crippen LogP contribution in [-0.2, 0) is 0 Å². The maximum atomic E-state index is 11.5. The average Bonchev–Trinajstić information content (AvgIpc) is 2.83. The quantitative estimate of drug-likeness (QED) is 0.834. The predicted octanol–water partition coefficient (Wildman–Crippen LogP) is 1.06. The van der Waals surface area contributed by atoms with Crippen molar-refractivity contribution in [3.63, 3.8) is 0 Å². The van der Waals surface area contributed by atoms with Gasteiger partial charge in [0.2, 0.25) is 0 Å². The van der Waals surface area contributed by atoms with Gasteiger partial charge in [0.25, 0.3) is 5.91 Å². The third-order valence-electron chi connectivity index (χ3n) is 1.73. The lowest BCUT2D eigenvalue weighted by Gasteiger charge is -2.00. The fourth-order valence-corrected chi connectivity index (χ4v) is 1.41. The zero-order valence-electron chi connectivity index (χ0n) is 7.91. The summed E-state index contributed by atoms with van der Waals surface area (Å²) in [5, 5.41) is 16.3. The second-order valence-electron chi connectivity index (χ2n) is 2.79. The Morgan fingerprint density at radius 2 is 2.38 bits per heavy atom. The van der Waals surface area contributed by atoms with Crippen molar-refractivity contribution in [1.29, 1.82) is 5.26 Å². The van der Waals surface area contributed by atoms with Gasteiger partial charge in [0.15, 0.2) is 5.69 Å². The summed E-state index contributed by atoms with van der Waals surface area (Å²) in [4.78, 5) is 15.4. The maximum Gasteiger partial charge on any atom is 0.278 e. The Hall–Kier alpha value is -2.33. The van der Waals surface area contributed by atoms with E-state index in [0.29, 0.717) is 11.4 Å². The van der Waals surface area contributed by atoms with E-state index in [9.17, 15) is 4.79 Å². The molecule has 0 spiro atoms. The number of rotatable bonds is 2. The molecule has 0 saturated carbocycles. The van der Waals surface area contributed by atoms with Crippen LogP contribution < -0.4 is 5.32 Å². The van der Waals surface area contributed by atoms with Crippen LogP contribution in [0.3, 0.4) is 0 Å². The molecule has 0 aliphatic rings. The van der Waals surface area contributed by atoms with Crippen LogP contribution in [0.4, 0.5) is 5.82 Å². The predicted molar refractivity (Wildman–Crippen MR) is 56.8 cm³/mol. The SMILES string of the molecule is N#Cc1ccc(NC(=O)c2csnn2)nc1. The van der Waals surface area contributed by atoms with Crippen LogP contribution in [0, 0.1) is 11.3 Å². The van der Waals surface area contributed by atoms with Crippen molar-refractivity contribution < 1.29 is 4.79 Å². The lowest BCUT2D eigenvalue weighted by Crippen LogP contribution is -2.13. The molecular formula is C9H5N5OS. The molecule has 0 aliphatic carbocycles. The van der Waals surface area contributed by atoms with Crippen molar-refractivity contribution >= 4 is 23.3 Å². The van der Waals surface area contributed by atoms with Crippen molar-refractivity contribution in [3.8, 4) is 6.07 Å². The lowest BCUT2D eigenvalue weighted by atomic mass is 10.3. The van der Waals surface area contributed by atoms with Crippen LogP contribution >= 0.6 is 11.5 Å². The third kappa shape index (κ3) is 2.18. The molecule has 0 radical (unpaired) electrons. The van der Waals surface area contributed by atoms with Gasteiger partial charge in [-0.3, -0.25) is 4.79 Å². The number of carbonyl (C=O) groups is 1. The van der Waals surface area contributed by atoms with E-state index < -0.39 is 0 Å². The largest absolute Gasteiger partial charge is 0.305 e. The highest BCUT2D eigenvalue weighted by molar-refractivity contribution is 7.03. The van der Waals surface area contributed by atoms with Gasteiger partial charge >= 0.3 is 0 Å². The van der Waals surface area contributed by atoms with Crippen molar-refractivity contribution in [2.24, 2.45) is 0 Å². The Morgan fingerprint density at radius 3 is 2.94 bits per heavy atom. The number of nitrogens with zero attached hydrogens (tertiary/aromatic N) is 4. The van der Waals surface area contributed by atoms with E-state index in [1.165, 1.54) is 6.20 Å². The minimum atomic E-state index is -0.369. The topological polar surface area (TPSA) is 91.6 Å². The standard InChI is InChI=1S/C9H5N5OS/c10-3-6-1-2-8(11-4-6)12-9(15)7-5-16-14-13-7/h1-2,4-5H,(H,11,12,15). The van der Waals surface area contributed by atoms with Crippen LogP contribution in [0.25, 0.3) is 0 Å². The molecule has 0 aromatic carbocycles. The Kier molecular flexibility index (Phi) is 2.84. The van der Waals surface area contributed by atoms with Crippen LogP contribution in [0.1, 0.15) is 16.1 Å². The van der Waals surface area contributed by atoms with Gasteiger partial charge in [-0.25, -0.2) is 4.98 Å². The molecule has 1 amide bonds. The maximum absolute atomic E-state index is 11.5. The van der Waals surface area contributed by atoms with E-state index in [4.69, 9.17) is 5.26 Å². The molecule has 78 valence electrons. The second-order valence-corrected chi connectivity index (χ2v) is 3.40. The molecule has 0 fully saturated rings. The van der Waals surface area contributed by atoms with Crippen LogP contribution in [-0.4, -0.2) is 20.5 Å². The Morgan fingerprint density at radius 1 is 1.50 bits per heavy atom. The van der Waals surface area contributed by atoms with Crippen molar-refractivity contribution in [3.05, 3.63) is 35.0 Å². The highest BCUT2D eigenvalue weighted by Crippen LogP contribution is 2.06. The van der Waals surface area contributed by atoms with Crippen LogP contribution in [0.5, 0.6) is 0 Å². The van der Waals surface area contributed by atoms with Gasteiger partial charge in [0.05, 0.1) is 5.56 Å². The van der Waals surface area contributed by atoms with Crippen molar-refractivity contribution in [2.75, 3.05) is 5.32 Å². The molecule has 2 heterocycles. The number of pyridine rings is 1. The zero-order valence-corrected chi connectivity index (χ0v) is 8.73. The van der Waals surface area contributed by atoms with Crippen LogP contribution in [0.15, 0.2) is 23.7 Å². The first-order valence-electron chi connectivity index (χ1n) is 4.24. The normalized spacial score (nSPS) is 9.44. The van der Waals surface area contributed by atoms with Gasteiger partial charge in [-0.2, -0.15) is 5.26 Å². The monoisotopic (exact) mass is 231 g/mol. The molecule has 0 bridgehead atoms. The molecule has 7 heteroatoms. The number of aromatic nitrogens is 3. The van der Waals surface area contributed by atoms with Crippen LogP contribution in [0.2, 0.25) is 0 Å². The summed E-state index contributed by atoms with van der Waals surface area (Å²) < 4.78 is 3.58. The molecule has 16 heavy (non-hydrogen) atoms. The number of hydrogen-bond acceptors (Lipinski definition) is 6. The van der Waals surface area contributed by atoms with Crippen molar-refractivity contribution in [1.82, 2.24) is 14.6 Å². The first-order chi connectivity index (χ1) is 7.79. The third-order valence-corrected chi connectivity index (χ3v) is 2.23. The van der Waals surface area contributed by atoms with Gasteiger partial charge in [-0.1, -0.05) is 4.49 Å². The minimum Gasteiger partial charge on any atom is -0.305 e. The van der Waals surface area contributed by atoms with Gasteiger partial charge in [0.1, 0.15) is 11.9 Å². The molecule has 0 aliphatic heterocycles. The fourth-order valence-electron chi connectivity index (χ4n) is 0.978. The second kappa shape index (κ2) is 4.46. The van der Waals surface area contributed by atoms with Gasteiger partial charge in [-0.05, 0) is 23.7 Å².